The van der Waals surface area contributed by atoms with Crippen molar-refractivity contribution >= 4 is 10.0 Å². The van der Waals surface area contributed by atoms with E-state index in [-0.39, 0.29) is 22.4 Å². The van der Waals surface area contributed by atoms with Gasteiger partial charge < -0.3 is 9.47 Å². The molecular weight excluding hydrogens is 407 g/mol. The minimum Gasteiger partial charge on any atom is -0.493 e. The standard InChI is InChI=1S/C22H29FN2O4S/c1-24(16-17-8-5-4-6-9-17)18-10-7-12-25(13-11-18)30(26,27)22-15-21(29-3)20(28-2)14-19(22)23/h4-6,8-9,14-15,18H,7,10-13,16H2,1-3H3. The quantitative estimate of drug-likeness (QED) is 0.665. The van der Waals surface area contributed by atoms with E-state index in [9.17, 15) is 12.8 Å². The van der Waals surface area contributed by atoms with Gasteiger partial charge >= 0.3 is 0 Å². The summed E-state index contributed by atoms with van der Waals surface area (Å²) in [6.45, 7) is 1.52. The summed E-state index contributed by atoms with van der Waals surface area (Å²) < 4.78 is 52.6. The third kappa shape index (κ3) is 4.94. The zero-order chi connectivity index (χ0) is 21.7. The minimum atomic E-state index is -3.98. The molecule has 0 aliphatic carbocycles. The number of benzene rings is 2. The van der Waals surface area contributed by atoms with Crippen molar-refractivity contribution in [3.63, 3.8) is 0 Å². The second-order valence-electron chi connectivity index (χ2n) is 7.53. The summed E-state index contributed by atoms with van der Waals surface area (Å²) in [5.74, 6) is -0.491. The number of halogens is 1. The van der Waals surface area contributed by atoms with Gasteiger partial charge in [0.1, 0.15) is 10.7 Å². The molecule has 0 spiro atoms. The van der Waals surface area contributed by atoms with Crippen molar-refractivity contribution in [2.75, 3.05) is 34.4 Å². The van der Waals surface area contributed by atoms with Gasteiger partial charge in [0.15, 0.2) is 11.5 Å². The van der Waals surface area contributed by atoms with Crippen LogP contribution in [0.2, 0.25) is 0 Å². The second kappa shape index (κ2) is 9.76. The van der Waals surface area contributed by atoms with Crippen LogP contribution in [0, 0.1) is 5.82 Å². The molecule has 0 radical (unpaired) electrons. The molecule has 1 saturated heterocycles. The maximum absolute atomic E-state index is 14.6. The Morgan fingerprint density at radius 3 is 2.40 bits per heavy atom. The van der Waals surface area contributed by atoms with Crippen molar-refractivity contribution in [3.8, 4) is 11.5 Å². The van der Waals surface area contributed by atoms with Gasteiger partial charge in [0.25, 0.3) is 0 Å². The van der Waals surface area contributed by atoms with E-state index < -0.39 is 15.8 Å². The van der Waals surface area contributed by atoms with Crippen LogP contribution in [0.4, 0.5) is 4.39 Å². The lowest BCUT2D eigenvalue weighted by molar-refractivity contribution is 0.214. The molecule has 1 fully saturated rings. The molecule has 1 aliphatic rings. The van der Waals surface area contributed by atoms with E-state index in [0.29, 0.717) is 19.5 Å². The van der Waals surface area contributed by atoms with Crippen molar-refractivity contribution in [2.24, 2.45) is 0 Å². The van der Waals surface area contributed by atoms with Gasteiger partial charge in [-0.15, -0.1) is 0 Å². The monoisotopic (exact) mass is 436 g/mol. The first-order valence-corrected chi connectivity index (χ1v) is 11.5. The molecule has 6 nitrogen and oxygen atoms in total. The first-order chi connectivity index (χ1) is 14.4. The first kappa shape index (κ1) is 22.5. The summed E-state index contributed by atoms with van der Waals surface area (Å²) in [5.41, 5.74) is 1.22. The summed E-state index contributed by atoms with van der Waals surface area (Å²) in [6, 6.07) is 12.7. The van der Waals surface area contributed by atoms with Crippen molar-refractivity contribution in [1.29, 1.82) is 0 Å². The van der Waals surface area contributed by atoms with Crippen LogP contribution in [-0.4, -0.2) is 58.0 Å². The van der Waals surface area contributed by atoms with Crippen molar-refractivity contribution < 1.29 is 22.3 Å². The van der Waals surface area contributed by atoms with Crippen LogP contribution in [0.3, 0.4) is 0 Å². The Balaban J connectivity index is 1.74. The Kier molecular flexibility index (Phi) is 7.33. The van der Waals surface area contributed by atoms with Gasteiger partial charge in [0.05, 0.1) is 14.2 Å². The Hall–Kier alpha value is -2.16. The number of sulfonamides is 1. The van der Waals surface area contributed by atoms with Crippen molar-refractivity contribution in [2.45, 2.75) is 36.7 Å². The van der Waals surface area contributed by atoms with Crippen molar-refractivity contribution in [1.82, 2.24) is 9.21 Å². The Bertz CT molecular complexity index is 953. The molecule has 0 N–H and O–H groups in total. The Morgan fingerprint density at radius 2 is 1.73 bits per heavy atom. The van der Waals surface area contributed by atoms with Crippen LogP contribution in [0.15, 0.2) is 47.4 Å². The maximum atomic E-state index is 14.6. The summed E-state index contributed by atoms with van der Waals surface area (Å²) in [5, 5.41) is 0. The molecule has 8 heteroatoms. The molecule has 2 aromatic carbocycles. The number of hydrogen-bond donors (Lipinski definition) is 0. The van der Waals surface area contributed by atoms with E-state index in [4.69, 9.17) is 9.47 Å². The largest absolute Gasteiger partial charge is 0.493 e. The summed E-state index contributed by atoms with van der Waals surface area (Å²) in [6.07, 6.45) is 2.30. The van der Waals surface area contributed by atoms with Gasteiger partial charge in [-0.25, -0.2) is 12.8 Å². The van der Waals surface area contributed by atoms with E-state index in [1.165, 1.54) is 30.2 Å². The molecule has 30 heavy (non-hydrogen) atoms. The smallest absolute Gasteiger partial charge is 0.246 e. The molecule has 0 aromatic heterocycles. The molecule has 1 unspecified atom stereocenters. The second-order valence-corrected chi connectivity index (χ2v) is 9.43. The fourth-order valence-electron chi connectivity index (χ4n) is 3.91. The van der Waals surface area contributed by atoms with Crippen LogP contribution >= 0.6 is 0 Å². The Morgan fingerprint density at radius 1 is 1.07 bits per heavy atom. The molecule has 2 aromatic rings. The van der Waals surface area contributed by atoms with Crippen LogP contribution in [-0.2, 0) is 16.6 Å². The van der Waals surface area contributed by atoms with Crippen LogP contribution in [0.1, 0.15) is 24.8 Å². The zero-order valence-electron chi connectivity index (χ0n) is 17.7. The molecular formula is C22H29FN2O4S. The maximum Gasteiger partial charge on any atom is 0.246 e. The zero-order valence-corrected chi connectivity index (χ0v) is 18.5. The third-order valence-corrected chi connectivity index (χ3v) is 7.52. The van der Waals surface area contributed by atoms with Crippen LogP contribution < -0.4 is 9.47 Å². The van der Waals surface area contributed by atoms with E-state index in [1.54, 1.807) is 0 Å². The van der Waals surface area contributed by atoms with E-state index in [2.05, 4.69) is 24.1 Å². The fourth-order valence-corrected chi connectivity index (χ4v) is 5.46. The van der Waals surface area contributed by atoms with Gasteiger partial charge in [-0.05, 0) is 31.9 Å². The van der Waals surface area contributed by atoms with Gasteiger partial charge in [0.2, 0.25) is 10.0 Å². The molecule has 0 amide bonds. The van der Waals surface area contributed by atoms with Crippen molar-refractivity contribution in [3.05, 3.63) is 53.8 Å². The molecule has 0 saturated carbocycles. The lowest BCUT2D eigenvalue weighted by atomic mass is 10.1. The van der Waals surface area contributed by atoms with Gasteiger partial charge in [-0.1, -0.05) is 30.3 Å². The molecule has 1 atom stereocenters. The van der Waals surface area contributed by atoms with Crippen LogP contribution in [0.25, 0.3) is 0 Å². The number of ether oxygens (including phenoxy) is 2. The summed E-state index contributed by atoms with van der Waals surface area (Å²) >= 11 is 0. The normalized spacial score (nSPS) is 18.2. The van der Waals surface area contributed by atoms with E-state index >= 15 is 0 Å². The predicted molar refractivity (Wildman–Crippen MR) is 114 cm³/mol. The Labute approximate surface area is 178 Å². The minimum absolute atomic E-state index is 0.160. The first-order valence-electron chi connectivity index (χ1n) is 10.0. The molecule has 1 aliphatic heterocycles. The third-order valence-electron chi connectivity index (χ3n) is 5.61. The SMILES string of the molecule is COc1cc(F)c(S(=O)(=O)N2CCCC(N(C)Cc3ccccc3)CC2)cc1OC. The number of hydrogen-bond acceptors (Lipinski definition) is 5. The average Bonchev–Trinajstić information content (AvgIpc) is 3.01. The average molecular weight is 437 g/mol. The highest BCUT2D eigenvalue weighted by Gasteiger charge is 2.32. The summed E-state index contributed by atoms with van der Waals surface area (Å²) in [7, 11) is 0.863. The molecule has 164 valence electrons. The van der Waals surface area contributed by atoms with Gasteiger partial charge in [0, 0.05) is 37.8 Å². The topological polar surface area (TPSA) is 59.1 Å². The fraction of sp³-hybridized carbons (Fsp3) is 0.455. The van der Waals surface area contributed by atoms with Crippen LogP contribution in [0.5, 0.6) is 11.5 Å². The predicted octanol–water partition coefficient (Wildman–Crippen LogP) is 3.52. The van der Waals surface area contributed by atoms with E-state index in [1.807, 2.05) is 18.2 Å². The molecule has 3 rings (SSSR count). The summed E-state index contributed by atoms with van der Waals surface area (Å²) in [4.78, 5) is 1.89. The highest BCUT2D eigenvalue weighted by atomic mass is 32.2. The number of methoxy groups -OCH3 is 2. The van der Waals surface area contributed by atoms with Gasteiger partial charge in [-0.2, -0.15) is 4.31 Å². The lowest BCUT2D eigenvalue weighted by Gasteiger charge is -2.27. The highest BCUT2D eigenvalue weighted by Crippen LogP contribution is 2.34. The number of rotatable bonds is 7. The lowest BCUT2D eigenvalue weighted by Crippen LogP contribution is -2.35. The highest BCUT2D eigenvalue weighted by molar-refractivity contribution is 7.89. The molecule has 0 bridgehead atoms. The molecule has 1 heterocycles. The van der Waals surface area contributed by atoms with E-state index in [0.717, 1.165) is 25.5 Å². The van der Waals surface area contributed by atoms with Gasteiger partial charge in [-0.3, -0.25) is 4.90 Å². The number of nitrogens with zero attached hydrogens (tertiary/aromatic N) is 2.